The quantitative estimate of drug-likeness (QED) is 0.820. The SMILES string of the molecule is CCC1(CC)CC(=O)N(C(C)c2ncn[nH]2)C1=O. The van der Waals surface area contributed by atoms with Crippen molar-refractivity contribution in [3.8, 4) is 0 Å². The van der Waals surface area contributed by atoms with Crippen molar-refractivity contribution in [2.75, 3.05) is 0 Å². The molecule has 2 amide bonds. The summed E-state index contributed by atoms with van der Waals surface area (Å²) in [7, 11) is 0. The van der Waals surface area contributed by atoms with Crippen LogP contribution in [0.5, 0.6) is 0 Å². The number of hydrogen-bond donors (Lipinski definition) is 1. The molecule has 18 heavy (non-hydrogen) atoms. The van der Waals surface area contributed by atoms with E-state index >= 15 is 0 Å². The molecule has 1 saturated heterocycles. The molecular formula is C12H18N4O2. The van der Waals surface area contributed by atoms with Crippen molar-refractivity contribution < 1.29 is 9.59 Å². The third-order valence-electron chi connectivity index (χ3n) is 4.00. The summed E-state index contributed by atoms with van der Waals surface area (Å²) in [6, 6.07) is -0.382. The Bertz CT molecular complexity index is 451. The fourth-order valence-corrected chi connectivity index (χ4v) is 2.55. The molecule has 0 radical (unpaired) electrons. The molecule has 1 unspecified atom stereocenters. The second-order valence-corrected chi connectivity index (χ2v) is 4.78. The van der Waals surface area contributed by atoms with E-state index < -0.39 is 5.41 Å². The number of nitrogens with zero attached hydrogens (tertiary/aromatic N) is 3. The van der Waals surface area contributed by atoms with E-state index in [-0.39, 0.29) is 17.9 Å². The molecule has 1 aromatic rings. The van der Waals surface area contributed by atoms with E-state index in [1.165, 1.54) is 11.2 Å². The van der Waals surface area contributed by atoms with Gasteiger partial charge in [0.05, 0.1) is 11.5 Å². The number of amides is 2. The molecule has 1 aromatic heterocycles. The molecule has 0 spiro atoms. The van der Waals surface area contributed by atoms with Gasteiger partial charge in [0.2, 0.25) is 11.8 Å². The van der Waals surface area contributed by atoms with Crippen LogP contribution < -0.4 is 0 Å². The van der Waals surface area contributed by atoms with Gasteiger partial charge in [-0.1, -0.05) is 13.8 Å². The fourth-order valence-electron chi connectivity index (χ4n) is 2.55. The summed E-state index contributed by atoms with van der Waals surface area (Å²) in [5, 5.41) is 6.47. The molecule has 1 aliphatic rings. The Morgan fingerprint density at radius 2 is 2.11 bits per heavy atom. The van der Waals surface area contributed by atoms with Crippen LogP contribution in [0.25, 0.3) is 0 Å². The van der Waals surface area contributed by atoms with Crippen molar-refractivity contribution in [3.63, 3.8) is 0 Å². The maximum Gasteiger partial charge on any atom is 0.236 e. The number of carbonyl (C=O) groups is 2. The van der Waals surface area contributed by atoms with Crippen molar-refractivity contribution >= 4 is 11.8 Å². The van der Waals surface area contributed by atoms with Crippen LogP contribution in [0.4, 0.5) is 0 Å². The first kappa shape index (κ1) is 12.7. The molecule has 1 atom stereocenters. The summed E-state index contributed by atoms with van der Waals surface area (Å²) in [5.41, 5.74) is -0.522. The van der Waals surface area contributed by atoms with Crippen LogP contribution in [0.3, 0.4) is 0 Å². The minimum atomic E-state index is -0.522. The predicted molar refractivity (Wildman–Crippen MR) is 64.3 cm³/mol. The van der Waals surface area contributed by atoms with Gasteiger partial charge < -0.3 is 0 Å². The van der Waals surface area contributed by atoms with Gasteiger partial charge in [0.15, 0.2) is 0 Å². The maximum atomic E-state index is 12.5. The fraction of sp³-hybridized carbons (Fsp3) is 0.667. The first-order chi connectivity index (χ1) is 8.55. The highest BCUT2D eigenvalue weighted by molar-refractivity contribution is 6.06. The highest BCUT2D eigenvalue weighted by Crippen LogP contribution is 2.41. The van der Waals surface area contributed by atoms with E-state index in [0.29, 0.717) is 25.1 Å². The lowest BCUT2D eigenvalue weighted by Gasteiger charge is -2.26. The van der Waals surface area contributed by atoms with Crippen LogP contribution in [0, 0.1) is 5.41 Å². The zero-order valence-corrected chi connectivity index (χ0v) is 10.9. The third-order valence-corrected chi connectivity index (χ3v) is 4.00. The van der Waals surface area contributed by atoms with Crippen molar-refractivity contribution in [1.82, 2.24) is 20.1 Å². The number of hydrogen-bond acceptors (Lipinski definition) is 4. The van der Waals surface area contributed by atoms with Gasteiger partial charge in [-0.3, -0.25) is 19.6 Å². The second kappa shape index (κ2) is 4.51. The summed E-state index contributed by atoms with van der Waals surface area (Å²) in [5.74, 6) is 0.341. The van der Waals surface area contributed by atoms with Crippen LogP contribution >= 0.6 is 0 Å². The van der Waals surface area contributed by atoms with Crippen molar-refractivity contribution in [2.24, 2.45) is 5.41 Å². The minimum absolute atomic E-state index is 0.0820. The van der Waals surface area contributed by atoms with Crippen LogP contribution in [0.15, 0.2) is 6.33 Å². The standard InChI is InChI=1S/C12H18N4O2/c1-4-12(5-2)6-9(17)16(11(12)18)8(3)10-13-7-14-15-10/h7-8H,4-6H2,1-3H3,(H,13,14,15). The largest absolute Gasteiger partial charge is 0.274 e. The number of imide groups is 1. The average Bonchev–Trinajstić information content (AvgIpc) is 2.96. The topological polar surface area (TPSA) is 79.0 Å². The number of rotatable bonds is 4. The summed E-state index contributed by atoms with van der Waals surface area (Å²) < 4.78 is 0. The summed E-state index contributed by atoms with van der Waals surface area (Å²) >= 11 is 0. The molecule has 1 aliphatic heterocycles. The van der Waals surface area contributed by atoms with E-state index in [2.05, 4.69) is 15.2 Å². The van der Waals surface area contributed by atoms with E-state index in [1.807, 2.05) is 13.8 Å². The molecule has 6 nitrogen and oxygen atoms in total. The lowest BCUT2D eigenvalue weighted by Crippen LogP contribution is -2.37. The molecule has 6 heteroatoms. The van der Waals surface area contributed by atoms with Gasteiger partial charge in [-0.05, 0) is 19.8 Å². The minimum Gasteiger partial charge on any atom is -0.274 e. The summed E-state index contributed by atoms with van der Waals surface area (Å²) in [4.78, 5) is 29.9. The molecule has 0 aromatic carbocycles. The molecule has 1 fully saturated rings. The number of nitrogens with one attached hydrogen (secondary N) is 1. The van der Waals surface area contributed by atoms with Gasteiger partial charge >= 0.3 is 0 Å². The van der Waals surface area contributed by atoms with Gasteiger partial charge in [0, 0.05) is 6.42 Å². The van der Waals surface area contributed by atoms with E-state index in [4.69, 9.17) is 0 Å². The van der Waals surface area contributed by atoms with Gasteiger partial charge in [-0.2, -0.15) is 5.10 Å². The third kappa shape index (κ3) is 1.72. The number of H-pyrrole nitrogens is 1. The first-order valence-corrected chi connectivity index (χ1v) is 6.27. The molecule has 2 rings (SSSR count). The Labute approximate surface area is 106 Å². The highest BCUT2D eigenvalue weighted by atomic mass is 16.2. The smallest absolute Gasteiger partial charge is 0.236 e. The Morgan fingerprint density at radius 1 is 1.44 bits per heavy atom. The Morgan fingerprint density at radius 3 is 2.56 bits per heavy atom. The Balaban J connectivity index is 2.30. The highest BCUT2D eigenvalue weighted by Gasteiger charge is 2.51. The second-order valence-electron chi connectivity index (χ2n) is 4.78. The molecular weight excluding hydrogens is 232 g/mol. The van der Waals surface area contributed by atoms with Gasteiger partial charge in [0.1, 0.15) is 12.2 Å². The van der Waals surface area contributed by atoms with E-state index in [1.54, 1.807) is 6.92 Å². The molecule has 0 bridgehead atoms. The van der Waals surface area contributed by atoms with Crippen molar-refractivity contribution in [3.05, 3.63) is 12.2 Å². The summed E-state index contributed by atoms with van der Waals surface area (Å²) in [6.07, 6.45) is 3.06. The maximum absolute atomic E-state index is 12.5. The number of aromatic amines is 1. The molecule has 98 valence electrons. The van der Waals surface area contributed by atoms with E-state index in [9.17, 15) is 9.59 Å². The Kier molecular flexibility index (Phi) is 3.19. The number of likely N-dealkylation sites (tertiary alicyclic amines) is 1. The van der Waals surface area contributed by atoms with Crippen molar-refractivity contribution in [1.29, 1.82) is 0 Å². The van der Waals surface area contributed by atoms with E-state index in [0.717, 1.165) is 0 Å². The van der Waals surface area contributed by atoms with Crippen LogP contribution in [0.1, 0.15) is 51.9 Å². The zero-order valence-electron chi connectivity index (χ0n) is 10.9. The molecule has 1 N–H and O–H groups in total. The summed E-state index contributed by atoms with van der Waals surface area (Å²) in [6.45, 7) is 5.70. The lowest BCUT2D eigenvalue weighted by molar-refractivity contribution is -0.144. The number of aromatic nitrogens is 3. The van der Waals surface area contributed by atoms with Crippen LogP contribution in [-0.4, -0.2) is 31.9 Å². The average molecular weight is 250 g/mol. The normalized spacial score (nSPS) is 20.5. The predicted octanol–water partition coefficient (Wildman–Crippen LogP) is 1.43. The number of carbonyl (C=O) groups excluding carboxylic acids is 2. The van der Waals surface area contributed by atoms with Crippen LogP contribution in [-0.2, 0) is 9.59 Å². The Hall–Kier alpha value is -1.72. The molecule has 0 saturated carbocycles. The van der Waals surface area contributed by atoms with Crippen molar-refractivity contribution in [2.45, 2.75) is 46.1 Å². The van der Waals surface area contributed by atoms with Gasteiger partial charge in [-0.25, -0.2) is 4.98 Å². The molecule has 0 aliphatic carbocycles. The monoisotopic (exact) mass is 250 g/mol. The lowest BCUT2D eigenvalue weighted by atomic mass is 9.81. The first-order valence-electron chi connectivity index (χ1n) is 6.27. The molecule has 2 heterocycles. The zero-order chi connectivity index (χ0) is 13.3. The van der Waals surface area contributed by atoms with Crippen LogP contribution in [0.2, 0.25) is 0 Å². The van der Waals surface area contributed by atoms with Gasteiger partial charge in [0.25, 0.3) is 0 Å². The van der Waals surface area contributed by atoms with Gasteiger partial charge in [-0.15, -0.1) is 0 Å².